The van der Waals surface area contributed by atoms with Gasteiger partial charge in [0.2, 0.25) is 0 Å². The van der Waals surface area contributed by atoms with Gasteiger partial charge in [-0.05, 0) is 34.1 Å². The molecule has 158 valence electrons. The van der Waals surface area contributed by atoms with Crippen LogP contribution >= 0.6 is 0 Å². The first-order valence-corrected chi connectivity index (χ1v) is 10.8. The molecule has 6 nitrogen and oxygen atoms in total. The summed E-state index contributed by atoms with van der Waals surface area (Å²) in [5.41, 5.74) is 0. The summed E-state index contributed by atoms with van der Waals surface area (Å²) in [5.74, 6) is -1.23. The molecule has 3 rings (SSSR count). The molecule has 3 saturated heterocycles. The van der Waals surface area contributed by atoms with Crippen LogP contribution in [0.25, 0.3) is 0 Å². The number of hydrogen-bond donors (Lipinski definition) is 0. The summed E-state index contributed by atoms with van der Waals surface area (Å²) in [5, 5.41) is 0. The monoisotopic (exact) mass is 386 g/mol. The Morgan fingerprint density at radius 3 is 2.19 bits per heavy atom. The van der Waals surface area contributed by atoms with Gasteiger partial charge in [-0.2, -0.15) is 0 Å². The lowest BCUT2D eigenvalue weighted by molar-refractivity contribution is -0.236. The van der Waals surface area contributed by atoms with Crippen molar-refractivity contribution in [2.45, 2.75) is 122 Å². The Morgan fingerprint density at radius 2 is 1.52 bits per heavy atom. The topological polar surface area (TPSA) is 55.4 Å². The van der Waals surface area contributed by atoms with Gasteiger partial charge in [0.15, 0.2) is 17.9 Å². The first-order valence-electron chi connectivity index (χ1n) is 10.8. The zero-order chi connectivity index (χ0) is 19.5. The van der Waals surface area contributed by atoms with Crippen molar-refractivity contribution in [3.05, 3.63) is 0 Å². The van der Waals surface area contributed by atoms with Crippen LogP contribution in [0.2, 0.25) is 0 Å². The second-order valence-electron chi connectivity index (χ2n) is 8.89. The summed E-state index contributed by atoms with van der Waals surface area (Å²) in [7, 11) is 0. The SMILES string of the molecule is CCCCCCCCCOC1C(C2COC(C)(C)O2)OC2OC(C)(C)OC21. The Bertz CT molecular complexity index is 466. The van der Waals surface area contributed by atoms with E-state index in [9.17, 15) is 0 Å². The average Bonchev–Trinajstić information content (AvgIpc) is 3.19. The fraction of sp³-hybridized carbons (Fsp3) is 1.00. The molecule has 0 aromatic rings. The molecule has 0 amide bonds. The van der Waals surface area contributed by atoms with Gasteiger partial charge in [0.05, 0.1) is 6.61 Å². The molecule has 6 heteroatoms. The highest BCUT2D eigenvalue weighted by Gasteiger charge is 2.58. The van der Waals surface area contributed by atoms with Crippen LogP contribution in [0, 0.1) is 0 Å². The minimum absolute atomic E-state index is 0.167. The highest BCUT2D eigenvalue weighted by Crippen LogP contribution is 2.41. The molecular weight excluding hydrogens is 348 g/mol. The highest BCUT2D eigenvalue weighted by atomic mass is 16.8. The van der Waals surface area contributed by atoms with Crippen LogP contribution in [0.1, 0.15) is 79.6 Å². The van der Waals surface area contributed by atoms with Crippen LogP contribution in [0.15, 0.2) is 0 Å². The van der Waals surface area contributed by atoms with E-state index in [0.29, 0.717) is 13.2 Å². The van der Waals surface area contributed by atoms with Crippen LogP contribution in [0.4, 0.5) is 0 Å². The van der Waals surface area contributed by atoms with Crippen LogP contribution < -0.4 is 0 Å². The quantitative estimate of drug-likeness (QED) is 0.526. The summed E-state index contributed by atoms with van der Waals surface area (Å²) < 4.78 is 36.2. The van der Waals surface area contributed by atoms with Crippen molar-refractivity contribution in [3.8, 4) is 0 Å². The van der Waals surface area contributed by atoms with Gasteiger partial charge in [-0.1, -0.05) is 45.4 Å². The Kier molecular flexibility index (Phi) is 7.20. The van der Waals surface area contributed by atoms with Crippen molar-refractivity contribution in [3.63, 3.8) is 0 Å². The van der Waals surface area contributed by atoms with Crippen LogP contribution in [-0.4, -0.2) is 55.5 Å². The van der Waals surface area contributed by atoms with E-state index < -0.39 is 17.9 Å². The lowest BCUT2D eigenvalue weighted by Gasteiger charge is -2.29. The van der Waals surface area contributed by atoms with Gasteiger partial charge in [-0.15, -0.1) is 0 Å². The smallest absolute Gasteiger partial charge is 0.190 e. The summed E-state index contributed by atoms with van der Waals surface area (Å²) >= 11 is 0. The lowest BCUT2D eigenvalue weighted by Crippen LogP contribution is -2.44. The molecule has 5 atom stereocenters. The van der Waals surface area contributed by atoms with E-state index >= 15 is 0 Å². The van der Waals surface area contributed by atoms with Crippen molar-refractivity contribution >= 4 is 0 Å². The van der Waals surface area contributed by atoms with Gasteiger partial charge >= 0.3 is 0 Å². The largest absolute Gasteiger partial charge is 0.372 e. The van der Waals surface area contributed by atoms with Crippen molar-refractivity contribution in [2.75, 3.05) is 13.2 Å². The summed E-state index contributed by atoms with van der Waals surface area (Å²) in [6.07, 6.45) is 7.61. The fourth-order valence-corrected chi connectivity index (χ4v) is 4.15. The third kappa shape index (κ3) is 5.64. The molecule has 0 N–H and O–H groups in total. The average molecular weight is 387 g/mol. The normalized spacial score (nSPS) is 37.0. The van der Waals surface area contributed by atoms with Gasteiger partial charge in [0.1, 0.15) is 24.4 Å². The van der Waals surface area contributed by atoms with Gasteiger partial charge in [-0.25, -0.2) is 0 Å². The predicted octanol–water partition coefficient (Wildman–Crippen LogP) is 4.15. The molecule has 5 unspecified atom stereocenters. The minimum Gasteiger partial charge on any atom is -0.372 e. The molecule has 0 radical (unpaired) electrons. The molecule has 3 aliphatic heterocycles. The number of rotatable bonds is 10. The van der Waals surface area contributed by atoms with E-state index in [0.717, 1.165) is 6.42 Å². The first-order chi connectivity index (χ1) is 12.8. The van der Waals surface area contributed by atoms with E-state index in [-0.39, 0.29) is 24.4 Å². The molecule has 0 aromatic carbocycles. The molecular formula is C21H38O6. The molecule has 0 aromatic heterocycles. The van der Waals surface area contributed by atoms with Gasteiger partial charge in [0, 0.05) is 6.61 Å². The third-order valence-electron chi connectivity index (χ3n) is 5.48. The molecule has 27 heavy (non-hydrogen) atoms. The molecule has 0 aliphatic carbocycles. The van der Waals surface area contributed by atoms with Crippen LogP contribution in [-0.2, 0) is 28.4 Å². The lowest BCUT2D eigenvalue weighted by atomic mass is 10.1. The maximum Gasteiger partial charge on any atom is 0.190 e. The van der Waals surface area contributed by atoms with Gasteiger partial charge in [0.25, 0.3) is 0 Å². The highest BCUT2D eigenvalue weighted by molar-refractivity contribution is 4.98. The second-order valence-corrected chi connectivity index (χ2v) is 8.89. The van der Waals surface area contributed by atoms with E-state index in [1.54, 1.807) is 0 Å². The minimum atomic E-state index is -0.645. The molecule has 0 saturated carbocycles. The van der Waals surface area contributed by atoms with E-state index in [4.69, 9.17) is 28.4 Å². The zero-order valence-corrected chi connectivity index (χ0v) is 17.7. The molecule has 3 heterocycles. The predicted molar refractivity (Wildman–Crippen MR) is 101 cm³/mol. The Hall–Kier alpha value is -0.240. The standard InChI is InChI=1S/C21H38O6/c1-6-7-8-9-10-11-12-13-22-17-16(15-14-23-20(2,3)25-15)24-19-18(17)26-21(4,5)27-19/h15-19H,6-14H2,1-5H3. The van der Waals surface area contributed by atoms with Crippen molar-refractivity contribution in [1.29, 1.82) is 0 Å². The zero-order valence-electron chi connectivity index (χ0n) is 17.7. The molecule has 0 bridgehead atoms. The van der Waals surface area contributed by atoms with Crippen LogP contribution in [0.3, 0.4) is 0 Å². The van der Waals surface area contributed by atoms with Crippen molar-refractivity contribution < 1.29 is 28.4 Å². The number of unbranched alkanes of at least 4 members (excludes halogenated alkanes) is 6. The van der Waals surface area contributed by atoms with E-state index in [1.807, 2.05) is 27.7 Å². The van der Waals surface area contributed by atoms with Crippen molar-refractivity contribution in [1.82, 2.24) is 0 Å². The Labute approximate surface area is 164 Å². The van der Waals surface area contributed by atoms with Crippen LogP contribution in [0.5, 0.6) is 0 Å². The fourth-order valence-electron chi connectivity index (χ4n) is 4.15. The molecule has 3 aliphatic rings. The van der Waals surface area contributed by atoms with E-state index in [2.05, 4.69) is 6.92 Å². The number of ether oxygens (including phenoxy) is 6. The number of hydrogen-bond acceptors (Lipinski definition) is 6. The van der Waals surface area contributed by atoms with E-state index in [1.165, 1.54) is 38.5 Å². The summed E-state index contributed by atoms with van der Waals surface area (Å²) in [6.45, 7) is 11.1. The second kappa shape index (κ2) is 9.06. The maximum absolute atomic E-state index is 6.27. The third-order valence-corrected chi connectivity index (χ3v) is 5.48. The molecule has 3 fully saturated rings. The van der Waals surface area contributed by atoms with Crippen molar-refractivity contribution in [2.24, 2.45) is 0 Å². The Balaban J connectivity index is 1.49. The summed E-state index contributed by atoms with van der Waals surface area (Å²) in [6, 6.07) is 0. The maximum atomic E-state index is 6.27. The summed E-state index contributed by atoms with van der Waals surface area (Å²) in [4.78, 5) is 0. The molecule has 0 spiro atoms. The Morgan fingerprint density at radius 1 is 0.815 bits per heavy atom. The van der Waals surface area contributed by atoms with Gasteiger partial charge < -0.3 is 28.4 Å². The number of fused-ring (bicyclic) bond motifs is 1. The van der Waals surface area contributed by atoms with Gasteiger partial charge in [-0.3, -0.25) is 0 Å². The first kappa shape index (κ1) is 21.5.